The van der Waals surface area contributed by atoms with Gasteiger partial charge in [-0.1, -0.05) is 30.3 Å². The molecule has 0 N–H and O–H groups in total. The molecule has 5 nitrogen and oxygen atoms in total. The van der Waals surface area contributed by atoms with Gasteiger partial charge in [-0.15, -0.1) is 5.10 Å². The quantitative estimate of drug-likeness (QED) is 0.744. The van der Waals surface area contributed by atoms with Crippen LogP contribution in [0.5, 0.6) is 0 Å². The van der Waals surface area contributed by atoms with E-state index in [1.165, 1.54) is 0 Å². The number of Topliss-reactive ketones (excluding diaryl/α,β-unsaturated/α-hetero) is 1. The van der Waals surface area contributed by atoms with Crippen LogP contribution in [0.3, 0.4) is 0 Å². The van der Waals surface area contributed by atoms with Crippen LogP contribution in [0.2, 0.25) is 0 Å². The Kier molecular flexibility index (Phi) is 2.89. The lowest BCUT2D eigenvalue weighted by atomic mass is 10.0. The third-order valence-corrected chi connectivity index (χ3v) is 4.80. The highest BCUT2D eigenvalue weighted by Gasteiger charge is 2.36. The third kappa shape index (κ3) is 2.08. The summed E-state index contributed by atoms with van der Waals surface area (Å²) in [5, 5.41) is 4.72. The zero-order valence-corrected chi connectivity index (χ0v) is 13.1. The van der Waals surface area contributed by atoms with E-state index >= 15 is 0 Å². The summed E-state index contributed by atoms with van der Waals surface area (Å²) in [6.07, 6.45) is 4.50. The summed E-state index contributed by atoms with van der Waals surface area (Å²) in [6.45, 7) is 0. The molecule has 5 rings (SSSR count). The molecule has 2 aliphatic rings. The van der Waals surface area contributed by atoms with E-state index in [4.69, 9.17) is 10.1 Å². The van der Waals surface area contributed by atoms with E-state index in [0.29, 0.717) is 12.3 Å². The molecule has 1 fully saturated rings. The number of ketones is 1. The van der Waals surface area contributed by atoms with E-state index in [2.05, 4.69) is 4.98 Å². The minimum atomic E-state index is -0.0456. The molecule has 24 heavy (non-hydrogen) atoms. The van der Waals surface area contributed by atoms with Gasteiger partial charge in [0, 0.05) is 24.1 Å². The summed E-state index contributed by atoms with van der Waals surface area (Å²) in [7, 11) is 0. The molecule has 0 aliphatic heterocycles. The lowest BCUT2D eigenvalue weighted by Crippen LogP contribution is -2.09. The summed E-state index contributed by atoms with van der Waals surface area (Å²) in [5.41, 5.74) is 1.86. The first-order valence-electron chi connectivity index (χ1n) is 8.31. The molecule has 3 aromatic rings. The van der Waals surface area contributed by atoms with Crippen LogP contribution >= 0.6 is 0 Å². The average molecular weight is 316 g/mol. The first-order chi connectivity index (χ1) is 11.8. The lowest BCUT2D eigenvalue weighted by molar-refractivity contribution is 0.0990. The number of nitrogens with zero attached hydrogens (tertiary/aromatic N) is 4. The minimum absolute atomic E-state index is 0.0456. The Morgan fingerprint density at radius 1 is 1.04 bits per heavy atom. The van der Waals surface area contributed by atoms with Gasteiger partial charge in [-0.3, -0.25) is 4.79 Å². The maximum absolute atomic E-state index is 12.4. The third-order valence-electron chi connectivity index (χ3n) is 4.80. The monoisotopic (exact) mass is 316 g/mol. The highest BCUT2D eigenvalue weighted by molar-refractivity contribution is 6.01. The summed E-state index contributed by atoms with van der Waals surface area (Å²) in [4.78, 5) is 21.6. The molecule has 2 heterocycles. The molecule has 1 aromatic carbocycles. The second-order valence-electron chi connectivity index (χ2n) is 6.47. The first kappa shape index (κ1) is 13.6. The van der Waals surface area contributed by atoms with Crippen molar-refractivity contribution in [1.82, 2.24) is 19.7 Å². The number of benzene rings is 1. The molecule has 0 bridgehead atoms. The Labute approximate surface area is 139 Å². The van der Waals surface area contributed by atoms with Gasteiger partial charge in [-0.25, -0.2) is 9.97 Å². The summed E-state index contributed by atoms with van der Waals surface area (Å²) in [5.74, 6) is 3.06. The highest BCUT2D eigenvalue weighted by atomic mass is 16.1. The van der Waals surface area contributed by atoms with Crippen LogP contribution in [0, 0.1) is 0 Å². The van der Waals surface area contributed by atoms with Gasteiger partial charge in [-0.05, 0) is 30.5 Å². The van der Waals surface area contributed by atoms with Crippen LogP contribution in [0.4, 0.5) is 0 Å². The molecule has 1 unspecified atom stereocenters. The van der Waals surface area contributed by atoms with Crippen LogP contribution < -0.4 is 0 Å². The van der Waals surface area contributed by atoms with Crippen molar-refractivity contribution in [3.63, 3.8) is 0 Å². The number of carbonyl (C=O) groups excluding carboxylic acids is 1. The van der Waals surface area contributed by atoms with Gasteiger partial charge < -0.3 is 0 Å². The number of carbonyl (C=O) groups is 1. The maximum atomic E-state index is 12.4. The van der Waals surface area contributed by atoms with Crippen LogP contribution in [0.15, 0.2) is 48.7 Å². The fourth-order valence-electron chi connectivity index (χ4n) is 3.42. The molecule has 118 valence electrons. The van der Waals surface area contributed by atoms with Crippen LogP contribution in [0.25, 0.3) is 5.82 Å². The first-order valence-corrected chi connectivity index (χ1v) is 8.31. The van der Waals surface area contributed by atoms with Gasteiger partial charge in [-0.2, -0.15) is 4.68 Å². The van der Waals surface area contributed by atoms with E-state index in [9.17, 15) is 4.79 Å². The van der Waals surface area contributed by atoms with Crippen molar-refractivity contribution in [1.29, 1.82) is 0 Å². The summed E-state index contributed by atoms with van der Waals surface area (Å²) in [6, 6.07) is 13.6. The molecule has 0 radical (unpaired) electrons. The van der Waals surface area contributed by atoms with E-state index < -0.39 is 0 Å². The molecular weight excluding hydrogens is 300 g/mol. The predicted octanol–water partition coefficient (Wildman–Crippen LogP) is 3.26. The number of aromatic nitrogens is 4. The van der Waals surface area contributed by atoms with Gasteiger partial charge in [0.1, 0.15) is 5.82 Å². The molecule has 1 saturated carbocycles. The van der Waals surface area contributed by atoms with Crippen LogP contribution in [-0.2, 0) is 0 Å². The Morgan fingerprint density at radius 3 is 2.67 bits per heavy atom. The lowest BCUT2D eigenvalue weighted by Gasteiger charge is -2.11. The molecule has 0 spiro atoms. The van der Waals surface area contributed by atoms with E-state index in [0.717, 1.165) is 41.4 Å². The van der Waals surface area contributed by atoms with Crippen LogP contribution in [0.1, 0.15) is 58.7 Å². The summed E-state index contributed by atoms with van der Waals surface area (Å²) >= 11 is 0. The van der Waals surface area contributed by atoms with Gasteiger partial charge in [0.2, 0.25) is 0 Å². The topological polar surface area (TPSA) is 60.7 Å². The fourth-order valence-corrected chi connectivity index (χ4v) is 3.42. The predicted molar refractivity (Wildman–Crippen MR) is 88.4 cm³/mol. The van der Waals surface area contributed by atoms with Crippen LogP contribution in [-0.4, -0.2) is 25.5 Å². The Morgan fingerprint density at radius 2 is 1.88 bits per heavy atom. The number of fused-ring (bicyclic) bond motifs is 1. The highest BCUT2D eigenvalue weighted by Crippen LogP contribution is 2.41. The Hall–Kier alpha value is -2.82. The molecule has 1 atom stereocenters. The van der Waals surface area contributed by atoms with Gasteiger partial charge in [0.15, 0.2) is 17.4 Å². The SMILES string of the molecule is O=C1CC(c2nc(C3CC3)nn2-c2ccccn2)c2ccccc21. The second kappa shape index (κ2) is 5.09. The fraction of sp³-hybridized carbons (Fsp3) is 0.263. The van der Waals surface area contributed by atoms with Crippen molar-refractivity contribution in [3.8, 4) is 5.82 Å². The van der Waals surface area contributed by atoms with Gasteiger partial charge in [0.05, 0.1) is 5.92 Å². The van der Waals surface area contributed by atoms with E-state index in [1.807, 2.05) is 47.1 Å². The van der Waals surface area contributed by atoms with Crippen molar-refractivity contribution in [3.05, 3.63) is 71.4 Å². The number of pyridine rings is 1. The van der Waals surface area contributed by atoms with Crippen molar-refractivity contribution in [2.24, 2.45) is 0 Å². The Bertz CT molecular complexity index is 928. The van der Waals surface area contributed by atoms with Gasteiger partial charge in [0.25, 0.3) is 0 Å². The number of hydrogen-bond acceptors (Lipinski definition) is 4. The molecule has 0 saturated heterocycles. The Balaban J connectivity index is 1.67. The normalized spacial score (nSPS) is 19.5. The maximum Gasteiger partial charge on any atom is 0.164 e. The smallest absolute Gasteiger partial charge is 0.164 e. The van der Waals surface area contributed by atoms with E-state index in [1.54, 1.807) is 6.20 Å². The number of rotatable bonds is 3. The second-order valence-corrected chi connectivity index (χ2v) is 6.47. The molecular formula is C19H16N4O. The zero-order chi connectivity index (χ0) is 16.1. The van der Waals surface area contributed by atoms with Crippen molar-refractivity contribution < 1.29 is 4.79 Å². The molecule has 0 amide bonds. The molecule has 5 heteroatoms. The summed E-state index contributed by atoms with van der Waals surface area (Å²) < 4.78 is 1.83. The van der Waals surface area contributed by atoms with Crippen molar-refractivity contribution >= 4 is 5.78 Å². The van der Waals surface area contributed by atoms with Gasteiger partial charge >= 0.3 is 0 Å². The zero-order valence-electron chi connectivity index (χ0n) is 13.1. The molecule has 2 aromatic heterocycles. The molecule has 2 aliphatic carbocycles. The van der Waals surface area contributed by atoms with E-state index in [-0.39, 0.29) is 11.7 Å². The standard InChI is InChI=1S/C19H16N4O/c24-16-11-15(13-5-1-2-6-14(13)16)19-21-18(12-8-9-12)22-23(19)17-7-3-4-10-20-17/h1-7,10,12,15H,8-9,11H2. The average Bonchev–Trinajstić information content (AvgIpc) is 3.30. The largest absolute Gasteiger partial charge is 0.294 e. The number of hydrogen-bond donors (Lipinski definition) is 0. The van der Waals surface area contributed by atoms with Crippen molar-refractivity contribution in [2.75, 3.05) is 0 Å². The minimum Gasteiger partial charge on any atom is -0.294 e. The van der Waals surface area contributed by atoms with Crippen molar-refractivity contribution in [2.45, 2.75) is 31.1 Å².